The van der Waals surface area contributed by atoms with Gasteiger partial charge in [-0.05, 0) is 26.0 Å². The van der Waals surface area contributed by atoms with Gasteiger partial charge in [0, 0.05) is 11.1 Å². The summed E-state index contributed by atoms with van der Waals surface area (Å²) in [6, 6.07) is 2.94. The van der Waals surface area contributed by atoms with Gasteiger partial charge in [-0.2, -0.15) is 0 Å². The Morgan fingerprint density at radius 2 is 1.60 bits per heavy atom. The van der Waals surface area contributed by atoms with Gasteiger partial charge < -0.3 is 5.11 Å². The smallest absolute Gasteiger partial charge is 0.184 e. The first-order valence-corrected chi connectivity index (χ1v) is 3.08. The van der Waals surface area contributed by atoms with E-state index >= 15 is 0 Å². The maximum atomic E-state index is 11.0. The number of phenolic OH excluding ortho intramolecular Hbond substituents is 1. The van der Waals surface area contributed by atoms with Gasteiger partial charge in [0.1, 0.15) is 5.75 Å². The summed E-state index contributed by atoms with van der Waals surface area (Å²) in [5, 5.41) is 20.0. The molecule has 1 aromatic carbocycles. The maximum Gasteiger partial charge on any atom is 0.184 e. The molecular formula is C8H9O2. The monoisotopic (exact) mass is 137 g/mol. The number of hydrogen-bond donors (Lipinski definition) is 1. The highest BCUT2D eigenvalue weighted by molar-refractivity contribution is 5.43. The zero-order valence-electron chi connectivity index (χ0n) is 6.01. The predicted molar refractivity (Wildman–Crippen MR) is 37.7 cm³/mol. The molecule has 0 saturated carbocycles. The zero-order valence-corrected chi connectivity index (χ0v) is 6.01. The van der Waals surface area contributed by atoms with Crippen molar-refractivity contribution in [1.29, 1.82) is 0 Å². The fourth-order valence-corrected chi connectivity index (χ4v) is 0.927. The Hall–Kier alpha value is -1.18. The number of phenols is 1. The Morgan fingerprint density at radius 3 is 2.00 bits per heavy atom. The molecule has 0 aliphatic heterocycles. The van der Waals surface area contributed by atoms with Crippen LogP contribution in [0.15, 0.2) is 12.1 Å². The Labute approximate surface area is 59.7 Å². The van der Waals surface area contributed by atoms with E-state index in [0.717, 1.165) is 0 Å². The third-order valence-corrected chi connectivity index (χ3v) is 1.45. The lowest BCUT2D eigenvalue weighted by atomic mass is 10.1. The van der Waals surface area contributed by atoms with E-state index in [1.54, 1.807) is 13.8 Å². The van der Waals surface area contributed by atoms with Crippen molar-refractivity contribution in [2.24, 2.45) is 0 Å². The van der Waals surface area contributed by atoms with Crippen LogP contribution in [-0.2, 0) is 5.11 Å². The Bertz CT molecular complexity index is 230. The standard InChI is InChI=1S/C8H9O2/c1-5-3-7(9)4-6(2)8(5)10/h3-4,9H,1-2H3. The molecule has 0 spiro atoms. The number of aryl methyl sites for hydroxylation is 2. The van der Waals surface area contributed by atoms with E-state index < -0.39 is 0 Å². The highest BCUT2D eigenvalue weighted by Crippen LogP contribution is 2.26. The first-order valence-electron chi connectivity index (χ1n) is 3.08. The fourth-order valence-electron chi connectivity index (χ4n) is 0.927. The average Bonchev–Trinajstić information content (AvgIpc) is 1.82. The van der Waals surface area contributed by atoms with Crippen molar-refractivity contribution < 1.29 is 10.2 Å². The lowest BCUT2D eigenvalue weighted by Gasteiger charge is -1.99. The van der Waals surface area contributed by atoms with Crippen LogP contribution in [0.2, 0.25) is 0 Å². The quantitative estimate of drug-likeness (QED) is 0.584. The molecule has 0 bridgehead atoms. The number of benzene rings is 1. The van der Waals surface area contributed by atoms with Crippen LogP contribution in [0.25, 0.3) is 0 Å². The van der Waals surface area contributed by atoms with Gasteiger partial charge in [0.25, 0.3) is 0 Å². The number of aromatic hydroxyl groups is 1. The van der Waals surface area contributed by atoms with Gasteiger partial charge in [0.2, 0.25) is 0 Å². The highest BCUT2D eigenvalue weighted by atomic mass is 16.3. The summed E-state index contributed by atoms with van der Waals surface area (Å²) in [6.45, 7) is 3.38. The predicted octanol–water partition coefficient (Wildman–Crippen LogP) is 2.15. The largest absolute Gasteiger partial charge is 0.508 e. The summed E-state index contributed by atoms with van der Waals surface area (Å²) in [4.78, 5) is 0. The van der Waals surface area contributed by atoms with Crippen molar-refractivity contribution >= 4 is 0 Å². The average molecular weight is 137 g/mol. The van der Waals surface area contributed by atoms with E-state index in [2.05, 4.69) is 0 Å². The van der Waals surface area contributed by atoms with Crippen LogP contribution in [-0.4, -0.2) is 5.11 Å². The molecule has 0 saturated heterocycles. The molecule has 0 fully saturated rings. The van der Waals surface area contributed by atoms with Gasteiger partial charge in [0.05, 0.1) is 0 Å². The topological polar surface area (TPSA) is 40.1 Å². The number of rotatable bonds is 0. The van der Waals surface area contributed by atoms with Crippen LogP contribution in [0, 0.1) is 13.8 Å². The summed E-state index contributed by atoms with van der Waals surface area (Å²) < 4.78 is 0. The molecule has 0 aliphatic rings. The number of hydrogen-bond acceptors (Lipinski definition) is 1. The molecule has 2 heteroatoms. The zero-order chi connectivity index (χ0) is 7.72. The minimum absolute atomic E-state index is 0.0119. The van der Waals surface area contributed by atoms with Crippen LogP contribution in [0.5, 0.6) is 11.5 Å². The molecule has 0 aromatic heterocycles. The SMILES string of the molecule is Cc1cc(O)cc(C)c1[O]. The molecule has 0 aliphatic carbocycles. The molecule has 1 radical (unpaired) electrons. The van der Waals surface area contributed by atoms with Gasteiger partial charge in [-0.25, -0.2) is 0 Å². The van der Waals surface area contributed by atoms with Crippen molar-refractivity contribution in [2.75, 3.05) is 0 Å². The first kappa shape index (κ1) is 6.93. The van der Waals surface area contributed by atoms with E-state index in [1.165, 1.54) is 12.1 Å². The van der Waals surface area contributed by atoms with Crippen LogP contribution < -0.4 is 0 Å². The second-order valence-corrected chi connectivity index (χ2v) is 2.41. The molecule has 0 heterocycles. The van der Waals surface area contributed by atoms with Gasteiger partial charge in [-0.15, -0.1) is 0 Å². The Balaban J connectivity index is 3.31. The molecular weight excluding hydrogens is 128 g/mol. The molecule has 2 nitrogen and oxygen atoms in total. The second kappa shape index (κ2) is 2.21. The maximum absolute atomic E-state index is 11.0. The van der Waals surface area contributed by atoms with Crippen molar-refractivity contribution in [1.82, 2.24) is 0 Å². The van der Waals surface area contributed by atoms with Gasteiger partial charge in [-0.1, -0.05) is 0 Å². The summed E-state index contributed by atoms with van der Waals surface area (Å²) in [5.41, 5.74) is 1.19. The van der Waals surface area contributed by atoms with Gasteiger partial charge in [0.15, 0.2) is 5.75 Å². The van der Waals surface area contributed by atoms with Gasteiger partial charge >= 0.3 is 0 Å². The van der Waals surface area contributed by atoms with E-state index in [9.17, 15) is 5.11 Å². The molecule has 1 rings (SSSR count). The van der Waals surface area contributed by atoms with Crippen molar-refractivity contribution in [3.05, 3.63) is 23.3 Å². The normalized spacial score (nSPS) is 9.80. The van der Waals surface area contributed by atoms with Crippen LogP contribution in [0.1, 0.15) is 11.1 Å². The minimum Gasteiger partial charge on any atom is -0.508 e. The molecule has 1 N–H and O–H groups in total. The Kier molecular flexibility index (Phi) is 1.53. The molecule has 0 atom stereocenters. The van der Waals surface area contributed by atoms with E-state index in [4.69, 9.17) is 5.11 Å². The highest BCUT2D eigenvalue weighted by Gasteiger charge is 2.02. The summed E-state index contributed by atoms with van der Waals surface area (Å²) in [5.74, 6) is 0.174. The van der Waals surface area contributed by atoms with E-state index in [1.807, 2.05) is 0 Å². The Morgan fingerprint density at radius 1 is 1.20 bits per heavy atom. The summed E-state index contributed by atoms with van der Waals surface area (Å²) >= 11 is 0. The van der Waals surface area contributed by atoms with E-state index in [-0.39, 0.29) is 11.5 Å². The second-order valence-electron chi connectivity index (χ2n) is 2.41. The van der Waals surface area contributed by atoms with Crippen molar-refractivity contribution in [3.63, 3.8) is 0 Å². The molecule has 0 amide bonds. The van der Waals surface area contributed by atoms with Crippen LogP contribution in [0.4, 0.5) is 0 Å². The third-order valence-electron chi connectivity index (χ3n) is 1.45. The lowest BCUT2D eigenvalue weighted by Crippen LogP contribution is -1.77. The molecule has 0 unspecified atom stereocenters. The third kappa shape index (κ3) is 1.05. The lowest BCUT2D eigenvalue weighted by molar-refractivity contribution is 0.347. The molecule has 1 aromatic rings. The minimum atomic E-state index is 0.0119. The summed E-state index contributed by atoms with van der Waals surface area (Å²) in [6.07, 6.45) is 0. The fraction of sp³-hybridized carbons (Fsp3) is 0.250. The summed E-state index contributed by atoms with van der Waals surface area (Å²) in [7, 11) is 0. The molecule has 10 heavy (non-hydrogen) atoms. The van der Waals surface area contributed by atoms with E-state index in [0.29, 0.717) is 11.1 Å². The van der Waals surface area contributed by atoms with Crippen LogP contribution in [0.3, 0.4) is 0 Å². The first-order chi connectivity index (χ1) is 4.61. The van der Waals surface area contributed by atoms with Crippen molar-refractivity contribution in [2.45, 2.75) is 13.8 Å². The van der Waals surface area contributed by atoms with Gasteiger partial charge in [-0.3, -0.25) is 5.11 Å². The van der Waals surface area contributed by atoms with Crippen LogP contribution >= 0.6 is 0 Å². The molecule has 53 valence electrons. The van der Waals surface area contributed by atoms with Crippen molar-refractivity contribution in [3.8, 4) is 11.5 Å².